The molecule has 152 valence electrons. The number of hydrogen-bond acceptors (Lipinski definition) is 5. The first-order valence-corrected chi connectivity index (χ1v) is 10.1. The van der Waals surface area contributed by atoms with Gasteiger partial charge in [0.2, 0.25) is 0 Å². The van der Waals surface area contributed by atoms with Crippen LogP contribution in [0.4, 0.5) is 5.69 Å². The van der Waals surface area contributed by atoms with Gasteiger partial charge in [-0.3, -0.25) is 4.79 Å². The second-order valence-electron chi connectivity index (χ2n) is 7.57. The number of ether oxygens (including phenoxy) is 1. The number of anilines is 1. The Morgan fingerprint density at radius 1 is 1.28 bits per heavy atom. The summed E-state index contributed by atoms with van der Waals surface area (Å²) in [6.45, 7) is 4.16. The summed E-state index contributed by atoms with van der Waals surface area (Å²) in [5, 5.41) is 3.01. The van der Waals surface area contributed by atoms with Crippen molar-refractivity contribution in [1.29, 1.82) is 0 Å². The number of rotatable bonds is 6. The molecule has 4 rings (SSSR count). The molecule has 0 spiro atoms. The number of pyridine rings is 1. The Hall–Kier alpha value is -2.93. The first-order valence-electron chi connectivity index (χ1n) is 10.1. The number of fused-ring (bicyclic) bond motifs is 1. The van der Waals surface area contributed by atoms with Crippen LogP contribution >= 0.6 is 0 Å². The Morgan fingerprint density at radius 3 is 2.79 bits per heavy atom. The molecule has 1 aliphatic rings. The SMILES string of the molecule is CC(CNC(=O)c1cnc2c(c1)ncn2C1CCOCC1)N(C)c1ccccc1. The molecule has 0 aliphatic carbocycles. The Morgan fingerprint density at radius 2 is 2.03 bits per heavy atom. The molecule has 3 aromatic rings. The number of benzene rings is 1. The van der Waals surface area contributed by atoms with E-state index in [-0.39, 0.29) is 11.9 Å². The molecule has 3 heterocycles. The minimum atomic E-state index is -0.131. The molecule has 0 radical (unpaired) electrons. The second-order valence-corrected chi connectivity index (χ2v) is 7.57. The number of imidazole rings is 1. The van der Waals surface area contributed by atoms with Crippen molar-refractivity contribution in [2.45, 2.75) is 31.8 Å². The van der Waals surface area contributed by atoms with Crippen LogP contribution in [0.5, 0.6) is 0 Å². The minimum absolute atomic E-state index is 0.131. The molecular weight excluding hydrogens is 366 g/mol. The normalized spacial score (nSPS) is 15.9. The van der Waals surface area contributed by atoms with Gasteiger partial charge in [0.1, 0.15) is 5.52 Å². The molecule has 7 nitrogen and oxygen atoms in total. The number of amides is 1. The van der Waals surface area contributed by atoms with Crippen molar-refractivity contribution in [3.63, 3.8) is 0 Å². The van der Waals surface area contributed by atoms with Crippen molar-refractivity contribution in [2.75, 3.05) is 31.7 Å². The fourth-order valence-electron chi connectivity index (χ4n) is 3.67. The summed E-state index contributed by atoms with van der Waals surface area (Å²) in [4.78, 5) is 23.8. The molecule has 7 heteroatoms. The maximum absolute atomic E-state index is 12.6. The Labute approximate surface area is 170 Å². The molecular formula is C22H27N5O2. The minimum Gasteiger partial charge on any atom is -0.381 e. The number of aromatic nitrogens is 3. The fourth-order valence-corrected chi connectivity index (χ4v) is 3.67. The van der Waals surface area contributed by atoms with E-state index in [2.05, 4.69) is 43.8 Å². The van der Waals surface area contributed by atoms with Crippen LogP contribution in [-0.4, -0.2) is 53.3 Å². The lowest BCUT2D eigenvalue weighted by Gasteiger charge is -2.27. The molecule has 0 bridgehead atoms. The second kappa shape index (κ2) is 8.61. The highest BCUT2D eigenvalue weighted by Gasteiger charge is 2.19. The van der Waals surface area contributed by atoms with Crippen LogP contribution < -0.4 is 10.2 Å². The molecule has 1 amide bonds. The number of nitrogens with zero attached hydrogens (tertiary/aromatic N) is 4. The van der Waals surface area contributed by atoms with E-state index in [4.69, 9.17) is 4.74 Å². The standard InChI is InChI=1S/C22H27N5O2/c1-16(26(2)18-6-4-3-5-7-18)13-24-22(28)17-12-20-21(23-14-17)27(15-25-20)19-8-10-29-11-9-19/h3-7,12,14-16,19H,8-11,13H2,1-2H3,(H,24,28). The monoisotopic (exact) mass is 393 g/mol. The van der Waals surface area contributed by atoms with Crippen molar-refractivity contribution in [1.82, 2.24) is 19.9 Å². The molecule has 29 heavy (non-hydrogen) atoms. The largest absolute Gasteiger partial charge is 0.381 e. The van der Waals surface area contributed by atoms with Crippen LogP contribution in [-0.2, 0) is 4.74 Å². The van der Waals surface area contributed by atoms with Gasteiger partial charge in [-0.05, 0) is 38.0 Å². The zero-order valence-corrected chi connectivity index (χ0v) is 16.9. The van der Waals surface area contributed by atoms with Gasteiger partial charge in [-0.15, -0.1) is 0 Å². The third-order valence-corrected chi connectivity index (χ3v) is 5.64. The van der Waals surface area contributed by atoms with E-state index in [9.17, 15) is 4.79 Å². The zero-order chi connectivity index (χ0) is 20.2. The van der Waals surface area contributed by atoms with Gasteiger partial charge in [0.15, 0.2) is 5.65 Å². The number of carbonyl (C=O) groups is 1. The van der Waals surface area contributed by atoms with Gasteiger partial charge in [-0.1, -0.05) is 18.2 Å². The lowest BCUT2D eigenvalue weighted by Crippen LogP contribution is -2.40. The molecule has 1 N–H and O–H groups in total. The van der Waals surface area contributed by atoms with E-state index in [0.717, 1.165) is 42.9 Å². The first kappa shape index (κ1) is 19.4. The van der Waals surface area contributed by atoms with Crippen LogP contribution in [0.15, 0.2) is 48.9 Å². The molecule has 1 aromatic carbocycles. The Balaban J connectivity index is 1.41. The summed E-state index contributed by atoms with van der Waals surface area (Å²) in [6.07, 6.45) is 5.39. The smallest absolute Gasteiger partial charge is 0.252 e. The lowest BCUT2D eigenvalue weighted by molar-refractivity contribution is 0.0704. The van der Waals surface area contributed by atoms with Crippen molar-refractivity contribution in [3.8, 4) is 0 Å². The van der Waals surface area contributed by atoms with E-state index in [1.165, 1.54) is 0 Å². The first-order chi connectivity index (χ1) is 14.1. The van der Waals surface area contributed by atoms with Gasteiger partial charge in [-0.2, -0.15) is 0 Å². The van der Waals surface area contributed by atoms with E-state index in [1.54, 1.807) is 6.20 Å². The number of hydrogen-bond donors (Lipinski definition) is 1. The van der Waals surface area contributed by atoms with Gasteiger partial charge in [-0.25, -0.2) is 9.97 Å². The number of carbonyl (C=O) groups excluding carboxylic acids is 1. The molecule has 1 atom stereocenters. The van der Waals surface area contributed by atoms with Crippen molar-refractivity contribution in [3.05, 3.63) is 54.5 Å². The summed E-state index contributed by atoms with van der Waals surface area (Å²) in [5.74, 6) is -0.131. The third kappa shape index (κ3) is 4.24. The molecule has 1 fully saturated rings. The molecule has 1 saturated heterocycles. The van der Waals surface area contributed by atoms with Gasteiger partial charge in [0.25, 0.3) is 5.91 Å². The fraction of sp³-hybridized carbons (Fsp3) is 0.409. The topological polar surface area (TPSA) is 72.3 Å². The lowest BCUT2D eigenvalue weighted by atomic mass is 10.1. The summed E-state index contributed by atoms with van der Waals surface area (Å²) >= 11 is 0. The zero-order valence-electron chi connectivity index (χ0n) is 16.9. The van der Waals surface area contributed by atoms with Gasteiger partial charge in [0, 0.05) is 50.8 Å². The molecule has 1 unspecified atom stereocenters. The van der Waals surface area contributed by atoms with Gasteiger partial charge in [0.05, 0.1) is 11.9 Å². The average molecular weight is 393 g/mol. The summed E-state index contributed by atoms with van der Waals surface area (Å²) in [6, 6.07) is 12.5. The van der Waals surface area contributed by atoms with E-state index in [1.807, 2.05) is 37.6 Å². The van der Waals surface area contributed by atoms with Crippen LogP contribution in [0.3, 0.4) is 0 Å². The highest BCUT2D eigenvalue weighted by Crippen LogP contribution is 2.24. The predicted molar refractivity (Wildman–Crippen MR) is 113 cm³/mol. The van der Waals surface area contributed by atoms with E-state index in [0.29, 0.717) is 18.2 Å². The summed E-state index contributed by atoms with van der Waals surface area (Å²) in [7, 11) is 2.03. The Kier molecular flexibility index (Phi) is 5.76. The van der Waals surface area contributed by atoms with Crippen LogP contribution in [0, 0.1) is 0 Å². The maximum atomic E-state index is 12.6. The van der Waals surface area contributed by atoms with Crippen molar-refractivity contribution >= 4 is 22.8 Å². The van der Waals surface area contributed by atoms with E-state index >= 15 is 0 Å². The van der Waals surface area contributed by atoms with Crippen molar-refractivity contribution < 1.29 is 9.53 Å². The van der Waals surface area contributed by atoms with Crippen LogP contribution in [0.25, 0.3) is 11.2 Å². The van der Waals surface area contributed by atoms with E-state index < -0.39 is 0 Å². The van der Waals surface area contributed by atoms with Crippen LogP contribution in [0.1, 0.15) is 36.2 Å². The quantitative estimate of drug-likeness (QED) is 0.697. The summed E-state index contributed by atoms with van der Waals surface area (Å²) in [5.41, 5.74) is 3.23. The average Bonchev–Trinajstić information content (AvgIpc) is 3.21. The maximum Gasteiger partial charge on any atom is 0.252 e. The van der Waals surface area contributed by atoms with Crippen LogP contribution in [0.2, 0.25) is 0 Å². The number of para-hydroxylation sites is 1. The van der Waals surface area contributed by atoms with Gasteiger partial charge < -0.3 is 19.5 Å². The highest BCUT2D eigenvalue weighted by molar-refractivity contribution is 5.96. The molecule has 2 aromatic heterocycles. The number of nitrogens with one attached hydrogen (secondary N) is 1. The summed E-state index contributed by atoms with van der Waals surface area (Å²) < 4.78 is 7.55. The highest BCUT2D eigenvalue weighted by atomic mass is 16.5. The number of likely N-dealkylation sites (N-methyl/N-ethyl adjacent to an activating group) is 1. The molecule has 0 saturated carbocycles. The predicted octanol–water partition coefficient (Wildman–Crippen LogP) is 3.04. The Bertz CT molecular complexity index is 966. The molecule has 1 aliphatic heterocycles. The third-order valence-electron chi connectivity index (χ3n) is 5.64. The van der Waals surface area contributed by atoms with Gasteiger partial charge >= 0.3 is 0 Å². The van der Waals surface area contributed by atoms with Crippen molar-refractivity contribution in [2.24, 2.45) is 0 Å².